The van der Waals surface area contributed by atoms with Gasteiger partial charge < -0.3 is 14.8 Å². The van der Waals surface area contributed by atoms with Crippen LogP contribution in [0.1, 0.15) is 24.2 Å². The van der Waals surface area contributed by atoms with Gasteiger partial charge in [-0.1, -0.05) is 0 Å². The smallest absolute Gasteiger partial charge is 0.255 e. The molecule has 1 aromatic rings. The molecule has 118 valence electrons. The molecule has 0 fully saturated rings. The van der Waals surface area contributed by atoms with Gasteiger partial charge in [0.15, 0.2) is 0 Å². The van der Waals surface area contributed by atoms with Gasteiger partial charge in [-0.15, -0.1) is 0 Å². The number of ether oxygens (including phenoxy) is 2. The molecule has 7 nitrogen and oxygen atoms in total. The average Bonchev–Trinajstić information content (AvgIpc) is 2.36. The first kappa shape index (κ1) is 17.4. The van der Waals surface area contributed by atoms with Crippen LogP contribution in [0.4, 0.5) is 0 Å². The third-order valence-electron chi connectivity index (χ3n) is 2.70. The van der Waals surface area contributed by atoms with Crippen molar-refractivity contribution in [3.05, 3.63) is 23.8 Å². The molecular formula is C13H20N2O5S. The first-order valence-corrected chi connectivity index (χ1v) is 7.67. The van der Waals surface area contributed by atoms with Crippen LogP contribution in [-0.2, 0) is 14.8 Å². The lowest BCUT2D eigenvalue weighted by Gasteiger charge is -2.25. The molecular weight excluding hydrogens is 296 g/mol. The van der Waals surface area contributed by atoms with Gasteiger partial charge in [0.1, 0.15) is 5.75 Å². The molecule has 0 radical (unpaired) electrons. The van der Waals surface area contributed by atoms with Crippen LogP contribution in [0.5, 0.6) is 5.75 Å². The lowest BCUT2D eigenvalue weighted by Crippen LogP contribution is -2.46. The van der Waals surface area contributed by atoms with Crippen molar-refractivity contribution in [3.63, 3.8) is 0 Å². The van der Waals surface area contributed by atoms with E-state index in [1.165, 1.54) is 32.4 Å². The summed E-state index contributed by atoms with van der Waals surface area (Å²) in [7, 11) is -0.982. The fraction of sp³-hybridized carbons (Fsp3) is 0.462. The van der Waals surface area contributed by atoms with Gasteiger partial charge in [0.2, 0.25) is 10.0 Å². The first-order chi connectivity index (χ1) is 9.60. The molecule has 1 rings (SSSR count). The predicted octanol–water partition coefficient (Wildman–Crippen LogP) is 0.497. The molecule has 0 unspecified atom stereocenters. The maximum Gasteiger partial charge on any atom is 0.255 e. The summed E-state index contributed by atoms with van der Waals surface area (Å²) in [6.45, 7) is 3.87. The number of rotatable bonds is 6. The summed E-state index contributed by atoms with van der Waals surface area (Å²) in [4.78, 5) is 12.2. The van der Waals surface area contributed by atoms with Crippen LogP contribution in [0.2, 0.25) is 0 Å². The minimum Gasteiger partial charge on any atom is -0.496 e. The molecule has 3 N–H and O–H groups in total. The number of sulfonamides is 1. The molecule has 0 atom stereocenters. The van der Waals surface area contributed by atoms with Gasteiger partial charge in [-0.25, -0.2) is 13.6 Å². The van der Waals surface area contributed by atoms with Gasteiger partial charge in [-0.2, -0.15) is 0 Å². The van der Waals surface area contributed by atoms with Crippen LogP contribution in [0.25, 0.3) is 0 Å². The zero-order valence-corrected chi connectivity index (χ0v) is 13.3. The summed E-state index contributed by atoms with van der Waals surface area (Å²) in [5.41, 5.74) is -0.526. The molecule has 0 aromatic heterocycles. The van der Waals surface area contributed by atoms with Crippen molar-refractivity contribution in [1.29, 1.82) is 0 Å². The summed E-state index contributed by atoms with van der Waals surface area (Å²) in [6, 6.07) is 3.86. The predicted molar refractivity (Wildman–Crippen MR) is 77.8 cm³/mol. The summed E-state index contributed by atoms with van der Waals surface area (Å²) < 4.78 is 32.9. The van der Waals surface area contributed by atoms with E-state index >= 15 is 0 Å². The Balaban J connectivity index is 3.18. The van der Waals surface area contributed by atoms with Crippen LogP contribution >= 0.6 is 0 Å². The Labute approximate surface area is 124 Å². The van der Waals surface area contributed by atoms with Crippen molar-refractivity contribution in [2.75, 3.05) is 20.8 Å². The van der Waals surface area contributed by atoms with Crippen molar-refractivity contribution in [1.82, 2.24) is 5.32 Å². The number of methoxy groups -OCH3 is 2. The van der Waals surface area contributed by atoms with E-state index in [-0.39, 0.29) is 16.2 Å². The summed E-state index contributed by atoms with van der Waals surface area (Å²) >= 11 is 0. The normalized spacial score (nSPS) is 12.0. The number of nitrogens with two attached hydrogens (primary N) is 1. The molecule has 0 aliphatic rings. The van der Waals surface area contributed by atoms with Crippen molar-refractivity contribution < 1.29 is 22.7 Å². The highest BCUT2D eigenvalue weighted by Gasteiger charge is 2.24. The number of benzene rings is 1. The molecule has 0 bridgehead atoms. The second-order valence-electron chi connectivity index (χ2n) is 5.18. The highest BCUT2D eigenvalue weighted by atomic mass is 32.2. The van der Waals surface area contributed by atoms with Gasteiger partial charge in [-0.3, -0.25) is 4.79 Å². The van der Waals surface area contributed by atoms with E-state index < -0.39 is 21.5 Å². The summed E-state index contributed by atoms with van der Waals surface area (Å²) in [6.07, 6.45) is 0. The Morgan fingerprint density at radius 3 is 2.43 bits per heavy atom. The molecule has 1 aromatic carbocycles. The second kappa shape index (κ2) is 6.42. The molecule has 0 aliphatic carbocycles. The summed E-state index contributed by atoms with van der Waals surface area (Å²) in [5.74, 6) is -0.215. The van der Waals surface area contributed by atoms with E-state index in [1.807, 2.05) is 0 Å². The van der Waals surface area contributed by atoms with E-state index in [9.17, 15) is 13.2 Å². The fourth-order valence-electron chi connectivity index (χ4n) is 1.81. The molecule has 8 heteroatoms. The number of hydrogen-bond donors (Lipinski definition) is 2. The Bertz CT molecular complexity index is 625. The van der Waals surface area contributed by atoms with E-state index in [0.717, 1.165) is 0 Å². The maximum absolute atomic E-state index is 12.3. The molecule has 0 aliphatic heterocycles. The van der Waals surface area contributed by atoms with E-state index in [0.29, 0.717) is 6.61 Å². The molecule has 1 amide bonds. The topological polar surface area (TPSA) is 108 Å². The molecule has 0 saturated carbocycles. The molecule has 21 heavy (non-hydrogen) atoms. The van der Waals surface area contributed by atoms with Gasteiger partial charge in [-0.05, 0) is 32.0 Å². The minimum atomic E-state index is -3.90. The van der Waals surface area contributed by atoms with Gasteiger partial charge >= 0.3 is 0 Å². The monoisotopic (exact) mass is 316 g/mol. The number of carbonyl (C=O) groups excluding carboxylic acids is 1. The number of nitrogens with one attached hydrogen (secondary N) is 1. The largest absolute Gasteiger partial charge is 0.496 e. The van der Waals surface area contributed by atoms with E-state index in [4.69, 9.17) is 14.6 Å². The first-order valence-electron chi connectivity index (χ1n) is 6.13. The van der Waals surface area contributed by atoms with Crippen molar-refractivity contribution >= 4 is 15.9 Å². The lowest BCUT2D eigenvalue weighted by molar-refractivity contribution is 0.0817. The van der Waals surface area contributed by atoms with Gasteiger partial charge in [0, 0.05) is 7.11 Å². The van der Waals surface area contributed by atoms with Gasteiger partial charge in [0.25, 0.3) is 5.91 Å². The Kier molecular flexibility index (Phi) is 5.32. The maximum atomic E-state index is 12.3. The highest BCUT2D eigenvalue weighted by Crippen LogP contribution is 2.22. The van der Waals surface area contributed by atoms with E-state index in [2.05, 4.69) is 5.32 Å². The zero-order valence-electron chi connectivity index (χ0n) is 12.5. The molecule has 0 heterocycles. The molecule has 0 saturated heterocycles. The third-order valence-corrected chi connectivity index (χ3v) is 3.61. The SMILES string of the molecule is COCC(C)(C)NC(=O)c1cc(S(N)(=O)=O)ccc1OC. The van der Waals surface area contributed by atoms with Crippen LogP contribution in [0.3, 0.4) is 0 Å². The number of hydrogen-bond acceptors (Lipinski definition) is 5. The Hall–Kier alpha value is -1.64. The zero-order chi connectivity index (χ0) is 16.3. The Morgan fingerprint density at radius 1 is 1.33 bits per heavy atom. The van der Waals surface area contributed by atoms with Crippen molar-refractivity contribution in [3.8, 4) is 5.75 Å². The lowest BCUT2D eigenvalue weighted by atomic mass is 10.1. The second-order valence-corrected chi connectivity index (χ2v) is 6.74. The highest BCUT2D eigenvalue weighted by molar-refractivity contribution is 7.89. The quantitative estimate of drug-likeness (QED) is 0.794. The molecule has 0 spiro atoms. The van der Waals surface area contributed by atoms with Crippen LogP contribution in [-0.4, -0.2) is 40.7 Å². The van der Waals surface area contributed by atoms with Crippen LogP contribution < -0.4 is 15.2 Å². The summed E-state index contributed by atoms with van der Waals surface area (Å²) in [5, 5.41) is 7.82. The van der Waals surface area contributed by atoms with Gasteiger partial charge in [0.05, 0.1) is 29.7 Å². The van der Waals surface area contributed by atoms with Crippen molar-refractivity contribution in [2.45, 2.75) is 24.3 Å². The number of carbonyl (C=O) groups is 1. The third kappa shape index (κ3) is 4.69. The number of amides is 1. The standard InChI is InChI=1S/C13H20N2O5S/c1-13(2,8-19-3)15-12(16)10-7-9(21(14,17)18)5-6-11(10)20-4/h5-7H,8H2,1-4H3,(H,15,16)(H2,14,17,18). The average molecular weight is 316 g/mol. The van der Waals surface area contributed by atoms with E-state index in [1.54, 1.807) is 13.8 Å². The fourth-order valence-corrected chi connectivity index (χ4v) is 2.35. The van der Waals surface area contributed by atoms with Crippen LogP contribution in [0.15, 0.2) is 23.1 Å². The van der Waals surface area contributed by atoms with Crippen molar-refractivity contribution in [2.24, 2.45) is 5.14 Å². The van der Waals surface area contributed by atoms with Crippen LogP contribution in [0, 0.1) is 0 Å². The Morgan fingerprint density at radius 2 is 1.95 bits per heavy atom. The minimum absolute atomic E-state index is 0.0909. The number of primary sulfonamides is 1.